The van der Waals surface area contributed by atoms with Crippen LogP contribution in [0.4, 0.5) is 13.2 Å². The van der Waals surface area contributed by atoms with Crippen molar-refractivity contribution in [2.24, 2.45) is 0 Å². The van der Waals surface area contributed by atoms with Crippen LogP contribution < -0.4 is 61.2 Å². The molecule has 0 atom stereocenters. The zero-order chi connectivity index (χ0) is 15.1. The molecular formula is C12H14F3KN2O2. The Labute approximate surface area is 158 Å². The van der Waals surface area contributed by atoms with Gasteiger partial charge < -0.3 is 9.84 Å². The zero-order valence-corrected chi connectivity index (χ0v) is 14.9. The summed E-state index contributed by atoms with van der Waals surface area (Å²) in [6, 6.07) is 4.09. The largest absolute Gasteiger partial charge is 1.00 e. The van der Waals surface area contributed by atoms with Gasteiger partial charge in [-0.1, -0.05) is 20.8 Å². The fourth-order valence-electron chi connectivity index (χ4n) is 0.727. The smallest absolute Gasteiger partial charge is 0.850 e. The second kappa shape index (κ2) is 9.71. The minimum Gasteiger partial charge on any atom is -0.850 e. The summed E-state index contributed by atoms with van der Waals surface area (Å²) < 4.78 is 39.6. The van der Waals surface area contributed by atoms with Gasteiger partial charge in [0.05, 0.1) is 0 Å². The SMILES string of the molecule is CC(C)(C)[O-].N#Cc1cc(OCC(F)(F)F)ccn1.[K+]. The molecule has 1 aromatic rings. The Morgan fingerprint density at radius 2 is 1.85 bits per heavy atom. The van der Waals surface area contributed by atoms with E-state index < -0.39 is 18.4 Å². The van der Waals surface area contributed by atoms with Crippen LogP contribution in [0.15, 0.2) is 18.3 Å². The van der Waals surface area contributed by atoms with Crippen molar-refractivity contribution in [1.29, 1.82) is 5.26 Å². The van der Waals surface area contributed by atoms with E-state index in [1.165, 1.54) is 12.3 Å². The van der Waals surface area contributed by atoms with E-state index in [-0.39, 0.29) is 62.8 Å². The number of ether oxygens (including phenoxy) is 1. The maximum atomic E-state index is 11.7. The summed E-state index contributed by atoms with van der Waals surface area (Å²) >= 11 is 0. The maximum absolute atomic E-state index is 11.7. The number of hydrogen-bond donors (Lipinski definition) is 0. The molecule has 106 valence electrons. The van der Waals surface area contributed by atoms with Gasteiger partial charge >= 0.3 is 57.6 Å². The van der Waals surface area contributed by atoms with Gasteiger partial charge in [0.25, 0.3) is 0 Å². The van der Waals surface area contributed by atoms with Crippen molar-refractivity contribution in [1.82, 2.24) is 4.98 Å². The van der Waals surface area contributed by atoms with E-state index >= 15 is 0 Å². The summed E-state index contributed by atoms with van der Waals surface area (Å²) in [5.74, 6) is -0.0196. The summed E-state index contributed by atoms with van der Waals surface area (Å²) in [7, 11) is 0. The van der Waals surface area contributed by atoms with E-state index in [0.717, 1.165) is 6.07 Å². The normalized spacial score (nSPS) is 10.5. The van der Waals surface area contributed by atoms with E-state index in [1.807, 2.05) is 0 Å². The fraction of sp³-hybridized carbons (Fsp3) is 0.500. The van der Waals surface area contributed by atoms with Crippen LogP contribution in [0.3, 0.4) is 0 Å². The first-order chi connectivity index (χ1) is 8.51. The Balaban J connectivity index is 0. The van der Waals surface area contributed by atoms with Gasteiger partial charge in [0.1, 0.15) is 17.5 Å². The molecule has 0 fully saturated rings. The Morgan fingerprint density at radius 1 is 1.35 bits per heavy atom. The van der Waals surface area contributed by atoms with E-state index in [4.69, 9.17) is 5.26 Å². The van der Waals surface area contributed by atoms with Crippen molar-refractivity contribution in [3.8, 4) is 11.8 Å². The van der Waals surface area contributed by atoms with Crippen molar-refractivity contribution < 1.29 is 74.4 Å². The minimum absolute atomic E-state index is 0. The van der Waals surface area contributed by atoms with Crippen molar-refractivity contribution in [3.63, 3.8) is 0 Å². The first-order valence-electron chi connectivity index (χ1n) is 5.27. The van der Waals surface area contributed by atoms with E-state index in [1.54, 1.807) is 26.8 Å². The van der Waals surface area contributed by atoms with Gasteiger partial charge in [-0.2, -0.15) is 18.4 Å². The van der Waals surface area contributed by atoms with Gasteiger partial charge in [0.15, 0.2) is 6.61 Å². The maximum Gasteiger partial charge on any atom is 1.00 e. The van der Waals surface area contributed by atoms with Crippen molar-refractivity contribution in [2.45, 2.75) is 32.5 Å². The van der Waals surface area contributed by atoms with E-state index in [0.29, 0.717) is 0 Å². The molecule has 0 N–H and O–H groups in total. The van der Waals surface area contributed by atoms with Gasteiger partial charge in [-0.3, -0.25) is 0 Å². The average Bonchev–Trinajstić information content (AvgIpc) is 2.23. The number of pyridine rings is 1. The molecule has 0 aliphatic heterocycles. The average molecular weight is 314 g/mol. The molecule has 0 amide bonds. The number of rotatable bonds is 2. The molecule has 0 saturated heterocycles. The summed E-state index contributed by atoms with van der Waals surface area (Å²) in [5.41, 5.74) is -0.732. The van der Waals surface area contributed by atoms with Gasteiger partial charge in [0.2, 0.25) is 0 Å². The molecule has 1 aromatic heterocycles. The van der Waals surface area contributed by atoms with Crippen molar-refractivity contribution >= 4 is 0 Å². The monoisotopic (exact) mass is 314 g/mol. The van der Waals surface area contributed by atoms with Gasteiger partial charge in [-0.25, -0.2) is 4.98 Å². The van der Waals surface area contributed by atoms with Crippen LogP contribution in [-0.4, -0.2) is 23.4 Å². The van der Waals surface area contributed by atoms with Crippen LogP contribution in [0, 0.1) is 11.3 Å². The molecule has 0 saturated carbocycles. The Kier molecular flexibility index (Phi) is 10.7. The molecule has 1 rings (SSSR count). The molecular weight excluding hydrogens is 300 g/mol. The van der Waals surface area contributed by atoms with Crippen LogP contribution in [-0.2, 0) is 0 Å². The molecule has 8 heteroatoms. The van der Waals surface area contributed by atoms with Crippen LogP contribution in [0.5, 0.6) is 5.75 Å². The number of hydrogen-bond acceptors (Lipinski definition) is 4. The Bertz CT molecular complexity index is 434. The minimum atomic E-state index is -4.38. The van der Waals surface area contributed by atoms with Crippen molar-refractivity contribution in [2.75, 3.05) is 6.61 Å². The third-order valence-corrected chi connectivity index (χ3v) is 1.25. The number of alkyl halides is 3. The molecule has 0 unspecified atom stereocenters. The molecule has 0 aromatic carbocycles. The summed E-state index contributed by atoms with van der Waals surface area (Å²) in [4.78, 5) is 3.58. The molecule has 0 bridgehead atoms. The Hall–Kier alpha value is -0.174. The third kappa shape index (κ3) is 15.9. The second-order valence-corrected chi connectivity index (χ2v) is 4.50. The van der Waals surface area contributed by atoms with Crippen LogP contribution >= 0.6 is 0 Å². The first kappa shape index (κ1) is 22.1. The summed E-state index contributed by atoms with van der Waals surface area (Å²) in [5, 5.41) is 18.5. The second-order valence-electron chi connectivity index (χ2n) is 4.50. The summed E-state index contributed by atoms with van der Waals surface area (Å²) in [6.07, 6.45) is -3.17. The quantitative estimate of drug-likeness (QED) is 0.660. The number of aromatic nitrogens is 1. The Morgan fingerprint density at radius 3 is 2.25 bits per heavy atom. The third-order valence-electron chi connectivity index (χ3n) is 1.25. The van der Waals surface area contributed by atoms with Gasteiger partial charge in [-0.15, -0.1) is 5.60 Å². The predicted octanol–water partition coefficient (Wildman–Crippen LogP) is -0.956. The number of nitriles is 1. The summed E-state index contributed by atoms with van der Waals surface area (Å²) in [6.45, 7) is 3.52. The van der Waals surface area contributed by atoms with Gasteiger partial charge in [-0.05, 0) is 6.07 Å². The molecule has 20 heavy (non-hydrogen) atoms. The van der Waals surface area contributed by atoms with Crippen LogP contribution in [0.2, 0.25) is 0 Å². The zero-order valence-electron chi connectivity index (χ0n) is 11.8. The molecule has 0 aliphatic carbocycles. The van der Waals surface area contributed by atoms with E-state index in [2.05, 4.69) is 9.72 Å². The standard InChI is InChI=1S/C8H5F3N2O.C4H9O.K/c9-8(10,11)5-14-7-1-2-13-6(3-7)4-12;1-4(2,3)5;/h1-3H,5H2;1-3H3;/q;-1;+1. The fourth-order valence-corrected chi connectivity index (χ4v) is 0.727. The number of nitrogens with zero attached hydrogens (tertiary/aromatic N) is 2. The number of halogens is 3. The molecule has 4 nitrogen and oxygen atoms in total. The van der Waals surface area contributed by atoms with Crippen LogP contribution in [0.1, 0.15) is 26.5 Å². The predicted molar refractivity (Wildman–Crippen MR) is 60.3 cm³/mol. The molecule has 0 aliphatic rings. The topological polar surface area (TPSA) is 69.0 Å². The van der Waals surface area contributed by atoms with Gasteiger partial charge in [0, 0.05) is 12.3 Å². The van der Waals surface area contributed by atoms with E-state index in [9.17, 15) is 18.3 Å². The first-order valence-corrected chi connectivity index (χ1v) is 5.27. The molecule has 1 heterocycles. The molecule has 0 radical (unpaired) electrons. The van der Waals surface area contributed by atoms with Crippen molar-refractivity contribution in [3.05, 3.63) is 24.0 Å². The molecule has 0 spiro atoms. The van der Waals surface area contributed by atoms with Crippen LogP contribution in [0.25, 0.3) is 0 Å².